The van der Waals surface area contributed by atoms with Crippen LogP contribution in [0.15, 0.2) is 30.3 Å². The van der Waals surface area contributed by atoms with Crippen LogP contribution in [0.2, 0.25) is 0 Å². The molecule has 45 heavy (non-hydrogen) atoms. The Morgan fingerprint density at radius 3 is 1.96 bits per heavy atom. The number of carbonyl (C=O) groups excluding carboxylic acids is 1. The monoisotopic (exact) mass is 648 g/mol. The zero-order valence-corrected chi connectivity index (χ0v) is 28.3. The van der Waals surface area contributed by atoms with E-state index in [9.17, 15) is 18.0 Å². The van der Waals surface area contributed by atoms with Crippen molar-refractivity contribution < 1.29 is 28.6 Å². The predicted molar refractivity (Wildman–Crippen MR) is 182 cm³/mol. The first-order chi connectivity index (χ1) is 21.7. The fraction of sp³-hybridized carbons (Fsp3) is 0.556. The molecule has 1 saturated carbocycles. The van der Waals surface area contributed by atoms with E-state index in [4.69, 9.17) is 4.98 Å². The molecule has 0 spiro atoms. The largest absolute Gasteiger partial charge is 0.346 e. The number of alkyl halides is 2. The number of quaternary nitrogens is 2. The molecule has 5 nitrogen and oxygen atoms in total. The first-order valence-corrected chi connectivity index (χ1v) is 16.4. The molecule has 2 aromatic rings. The van der Waals surface area contributed by atoms with Gasteiger partial charge >= 0.3 is 0 Å². The van der Waals surface area contributed by atoms with Gasteiger partial charge in [0.1, 0.15) is 5.82 Å². The molecule has 9 heteroatoms. The van der Waals surface area contributed by atoms with Crippen molar-refractivity contribution in [3.05, 3.63) is 51.7 Å². The Bertz CT molecular complexity index is 1020. The minimum absolute atomic E-state index is 0.118. The third-order valence-corrected chi connectivity index (χ3v) is 8.49. The number of carbonyl (C=O) groups is 1. The molecule has 3 aliphatic rings. The molecule has 4 N–H and O–H groups in total. The Balaban J connectivity index is 0. The Morgan fingerprint density at radius 1 is 1.02 bits per heavy atom. The van der Waals surface area contributed by atoms with Gasteiger partial charge in [0.25, 0.3) is 0 Å². The van der Waals surface area contributed by atoms with Crippen molar-refractivity contribution in [2.45, 2.75) is 95.9 Å². The van der Waals surface area contributed by atoms with Gasteiger partial charge in [-0.15, -0.1) is 49.9 Å². The zero-order chi connectivity index (χ0) is 34.5. The Hall–Kier alpha value is -3.29. The van der Waals surface area contributed by atoms with E-state index >= 15 is 0 Å². The van der Waals surface area contributed by atoms with Crippen LogP contribution in [0.4, 0.5) is 13.2 Å². The summed E-state index contributed by atoms with van der Waals surface area (Å²) < 4.78 is 36.3. The summed E-state index contributed by atoms with van der Waals surface area (Å²) in [5.41, 5.74) is 1.37. The van der Waals surface area contributed by atoms with E-state index in [1.165, 1.54) is 61.6 Å². The molecule has 0 bridgehead atoms. The van der Waals surface area contributed by atoms with Crippen molar-refractivity contribution in [3.8, 4) is 38.5 Å². The highest BCUT2D eigenvalue weighted by Crippen LogP contribution is 2.32. The van der Waals surface area contributed by atoms with Crippen molar-refractivity contribution in [1.29, 1.82) is 0 Å². The number of likely N-dealkylation sites (tertiary alicyclic amines) is 1. The third-order valence-electron chi connectivity index (χ3n) is 7.32. The molecule has 3 heterocycles. The number of hydrogen-bond donors (Lipinski definition) is 2. The second-order valence-corrected chi connectivity index (χ2v) is 12.0. The summed E-state index contributed by atoms with van der Waals surface area (Å²) in [7, 11) is 2.15. The maximum absolute atomic E-state index is 12.2. The van der Waals surface area contributed by atoms with Crippen LogP contribution in [-0.2, 0) is 11.2 Å². The molecule has 5 rings (SSSR count). The molecule has 0 radical (unpaired) electrons. The van der Waals surface area contributed by atoms with E-state index in [-0.39, 0.29) is 18.7 Å². The zero-order valence-electron chi connectivity index (χ0n) is 27.5. The van der Waals surface area contributed by atoms with Gasteiger partial charge in [-0.25, -0.2) is 18.2 Å². The van der Waals surface area contributed by atoms with Gasteiger partial charge in [-0.3, -0.25) is 4.79 Å². The van der Waals surface area contributed by atoms with Gasteiger partial charge in [-0.2, -0.15) is 0 Å². The lowest BCUT2D eigenvalue weighted by Gasteiger charge is -2.21. The van der Waals surface area contributed by atoms with Gasteiger partial charge < -0.3 is 15.5 Å². The van der Waals surface area contributed by atoms with Crippen LogP contribution in [0.25, 0.3) is 0 Å². The molecule has 0 unspecified atom stereocenters. The molecule has 1 amide bonds. The number of likely N-dealkylation sites (N-methyl/N-ethyl adjacent to an activating group) is 1. The van der Waals surface area contributed by atoms with E-state index in [1.54, 1.807) is 23.1 Å². The number of halogens is 3. The average Bonchev–Trinajstić information content (AvgIpc) is 3.75. The molecule has 3 fully saturated rings. The third kappa shape index (κ3) is 21.1. The van der Waals surface area contributed by atoms with Gasteiger partial charge in [0.15, 0.2) is 0 Å². The van der Waals surface area contributed by atoms with E-state index < -0.39 is 5.92 Å². The molecule has 1 aromatic carbocycles. The molecule has 1 aliphatic carbocycles. The maximum Gasteiger partial charge on any atom is 0.248 e. The molecule has 1 aromatic heterocycles. The number of nitrogens with zero attached hydrogens (tertiary/aromatic N) is 2. The summed E-state index contributed by atoms with van der Waals surface area (Å²) in [6.07, 6.45) is 33.7. The average molecular weight is 649 g/mol. The van der Waals surface area contributed by atoms with Crippen molar-refractivity contribution in [3.63, 3.8) is 0 Å². The fourth-order valence-corrected chi connectivity index (χ4v) is 5.98. The van der Waals surface area contributed by atoms with Crippen LogP contribution in [0.1, 0.15) is 86.2 Å². The molecular weight excluding hydrogens is 593 g/mol. The number of thiazole rings is 1. The lowest BCUT2D eigenvalue weighted by Crippen LogP contribution is -2.85. The minimum Gasteiger partial charge on any atom is -0.346 e. The molecule has 2 saturated heterocycles. The number of piperidine rings is 1. The molecule has 2 atom stereocenters. The number of nitrogens with two attached hydrogens (primary N) is 2. The van der Waals surface area contributed by atoms with E-state index in [1.807, 2.05) is 16.2 Å². The number of amides is 1. The van der Waals surface area contributed by atoms with E-state index in [0.717, 1.165) is 38.3 Å². The number of aryl methyl sites for hydroxylation is 1. The first kappa shape index (κ1) is 43.8. The van der Waals surface area contributed by atoms with Crippen LogP contribution in [0.3, 0.4) is 0 Å². The molecular formula is C36H55F3N4OS+2. The van der Waals surface area contributed by atoms with E-state index in [0.29, 0.717) is 18.9 Å². The summed E-state index contributed by atoms with van der Waals surface area (Å²) in [5.74, 6) is -1.73. The number of rotatable bonds is 5. The maximum atomic E-state index is 12.2. The Kier molecular flexibility index (Phi) is 27.5. The van der Waals surface area contributed by atoms with Crippen LogP contribution < -0.4 is 10.6 Å². The summed E-state index contributed by atoms with van der Waals surface area (Å²) >= 11 is 1.92. The Morgan fingerprint density at radius 2 is 1.58 bits per heavy atom. The van der Waals surface area contributed by atoms with Crippen LogP contribution in [0, 0.1) is 51.3 Å². The van der Waals surface area contributed by atoms with Crippen molar-refractivity contribution in [2.75, 3.05) is 33.2 Å². The predicted octanol–water partition coefficient (Wildman–Crippen LogP) is 5.41. The van der Waals surface area contributed by atoms with Gasteiger partial charge in [0.2, 0.25) is 12.3 Å². The minimum atomic E-state index is -2.32. The molecule has 2 aliphatic heterocycles. The van der Waals surface area contributed by atoms with E-state index in [2.05, 4.69) is 70.1 Å². The summed E-state index contributed by atoms with van der Waals surface area (Å²) in [5, 5.41) is 5.94. The number of benzene rings is 1. The summed E-state index contributed by atoms with van der Waals surface area (Å²) in [6, 6.07) is 8.58. The van der Waals surface area contributed by atoms with Crippen molar-refractivity contribution >= 4 is 17.7 Å². The van der Waals surface area contributed by atoms with Crippen LogP contribution in [0.5, 0.6) is 0 Å². The first-order valence-electron chi connectivity index (χ1n) is 15.6. The highest BCUT2D eigenvalue weighted by Gasteiger charge is 2.30. The quantitative estimate of drug-likeness (QED) is 0.336. The van der Waals surface area contributed by atoms with Gasteiger partial charge in [0, 0.05) is 49.6 Å². The van der Waals surface area contributed by atoms with Crippen molar-refractivity contribution in [1.82, 2.24) is 9.88 Å². The highest BCUT2D eigenvalue weighted by molar-refractivity contribution is 7.11. The lowest BCUT2D eigenvalue weighted by molar-refractivity contribution is -0.659. The number of hydrogen-bond acceptors (Lipinski definition) is 3. The van der Waals surface area contributed by atoms with Gasteiger partial charge in [0.05, 0.1) is 36.9 Å². The lowest BCUT2D eigenvalue weighted by atomic mass is 9.97. The number of terminal acetylenes is 3. The van der Waals surface area contributed by atoms with Crippen LogP contribution >= 0.6 is 11.3 Å². The fourth-order valence-electron chi connectivity index (χ4n) is 4.88. The smallest absolute Gasteiger partial charge is 0.248 e. The molecule has 250 valence electrons. The van der Waals surface area contributed by atoms with Gasteiger partial charge in [-0.05, 0) is 58.1 Å². The standard InChI is InChI=1S/C12H21N3S.C6H10F2.C6H5F.C6H11NO.3C2H2/c1-8(13-3)6-11-12(16-9(2)15-11)10-4-5-14-7-10;7-6(8)4-2-1-3-5-6;7-6-4-2-1-3-5-6;8-6-7-4-2-1-3-5-7;3*1-2/h8,10,13-14H,4-7H2,1-3H3;1-5H2;1-5H;6H,1-5H2;3*1-2H/p+2/t8-,10+;;;;;;/m1....../s1. The van der Waals surface area contributed by atoms with Crippen molar-refractivity contribution in [2.24, 2.45) is 0 Å². The summed E-state index contributed by atoms with van der Waals surface area (Å²) in [6.45, 7) is 8.91. The Labute approximate surface area is 275 Å². The normalized spacial score (nSPS) is 18.1. The van der Waals surface area contributed by atoms with Gasteiger partial charge in [-0.1, -0.05) is 24.6 Å². The topological polar surface area (TPSA) is 66.4 Å². The van der Waals surface area contributed by atoms with Crippen LogP contribution in [-0.4, -0.2) is 61.5 Å². The second-order valence-electron chi connectivity index (χ2n) is 10.8. The summed E-state index contributed by atoms with van der Waals surface area (Å²) in [4.78, 5) is 18.2. The highest BCUT2D eigenvalue weighted by atomic mass is 32.1. The number of aromatic nitrogens is 1. The second kappa shape index (κ2) is 28.2. The SMILES string of the molecule is C#C.C#C.C#C.C[NH2+][C@H](C)Cc1nc(C)sc1[C@H]1CC[NH2+]C1.FC1(F)CCCCC1.Fc1ccccc1.O=CN1CCCCC1.